The van der Waals surface area contributed by atoms with Gasteiger partial charge in [0.2, 0.25) is 5.91 Å². The zero-order valence-corrected chi connectivity index (χ0v) is 16.3. The molecule has 2 aliphatic heterocycles. The number of anilines is 1. The monoisotopic (exact) mass is 429 g/mol. The summed E-state index contributed by atoms with van der Waals surface area (Å²) in [5.74, 6) is -2.75. The van der Waals surface area contributed by atoms with Gasteiger partial charge in [-0.05, 0) is 43.2 Å². The molecular weight excluding hydrogens is 413 g/mol. The first kappa shape index (κ1) is 19.8. The maximum Gasteiger partial charge on any atom is 0.264 e. The fourth-order valence-electron chi connectivity index (χ4n) is 3.49. The van der Waals surface area contributed by atoms with Crippen molar-refractivity contribution in [3.05, 3.63) is 71.7 Å². The molecule has 0 aromatic heterocycles. The third-order valence-electron chi connectivity index (χ3n) is 4.93. The molecule has 30 heavy (non-hydrogen) atoms. The van der Waals surface area contributed by atoms with Gasteiger partial charge in [-0.3, -0.25) is 24.0 Å². The molecule has 2 N–H and O–H groups in total. The van der Waals surface area contributed by atoms with Gasteiger partial charge in [-0.2, -0.15) is 0 Å². The summed E-state index contributed by atoms with van der Waals surface area (Å²) in [5.41, 5.74) is 0.524. The summed E-state index contributed by atoms with van der Waals surface area (Å²) in [4.78, 5) is 38.1. The molecule has 0 bridgehead atoms. The van der Waals surface area contributed by atoms with Crippen LogP contribution in [0.25, 0.3) is 0 Å². The van der Waals surface area contributed by atoms with Crippen molar-refractivity contribution in [3.63, 3.8) is 0 Å². The number of amides is 3. The fourth-order valence-corrected chi connectivity index (χ4v) is 4.62. The van der Waals surface area contributed by atoms with Crippen molar-refractivity contribution in [1.29, 1.82) is 0 Å². The van der Waals surface area contributed by atoms with E-state index in [-0.39, 0.29) is 23.2 Å². The Kier molecular flexibility index (Phi) is 4.65. The molecule has 0 radical (unpaired) electrons. The predicted molar refractivity (Wildman–Crippen MR) is 104 cm³/mol. The van der Waals surface area contributed by atoms with E-state index in [1.807, 2.05) is 0 Å². The minimum absolute atomic E-state index is 0.0125. The number of rotatable bonds is 4. The van der Waals surface area contributed by atoms with Gasteiger partial charge in [-0.1, -0.05) is 18.7 Å². The van der Waals surface area contributed by atoms with Crippen molar-refractivity contribution in [2.24, 2.45) is 0 Å². The van der Waals surface area contributed by atoms with E-state index < -0.39 is 44.5 Å². The smallest absolute Gasteiger partial charge is 0.264 e. The molecule has 2 heterocycles. The zero-order chi connectivity index (χ0) is 21.6. The molecule has 1 atom stereocenters. The Labute approximate surface area is 171 Å². The van der Waals surface area contributed by atoms with Crippen molar-refractivity contribution in [3.8, 4) is 0 Å². The maximum absolute atomic E-state index is 13.9. The Hall–Kier alpha value is -3.53. The Morgan fingerprint density at radius 2 is 1.77 bits per heavy atom. The van der Waals surface area contributed by atoms with Gasteiger partial charge in [0.1, 0.15) is 16.8 Å². The number of nitrogens with zero attached hydrogens (tertiary/aromatic N) is 1. The van der Waals surface area contributed by atoms with Crippen LogP contribution < -0.4 is 10.0 Å². The molecule has 8 nitrogen and oxygen atoms in total. The average molecular weight is 429 g/mol. The number of carbonyl (C=O) groups excluding carboxylic acids is 3. The summed E-state index contributed by atoms with van der Waals surface area (Å²) in [6.07, 6.45) is 0.681. The average Bonchev–Trinajstić information content (AvgIpc) is 2.92. The standard InChI is InChI=1S/C20H16FN3O5S/c1-11-6-9-16(18(25)22-11)24-19(26)13-8-7-12(10-14(13)20(24)27)23-30(28,29)17-5-3-2-4-15(17)21/h2-5,7-8,10,16,23H,1,6,9H2,(H,22,25). The third-order valence-corrected chi connectivity index (χ3v) is 6.34. The molecule has 10 heteroatoms. The molecule has 0 saturated carbocycles. The fraction of sp³-hybridized carbons (Fsp3) is 0.150. The molecule has 3 amide bonds. The SMILES string of the molecule is C=C1CCC(N2C(=O)c3ccc(NS(=O)(=O)c4ccccc4F)cc3C2=O)C(=O)N1. The first-order valence-corrected chi connectivity index (χ1v) is 10.5. The van der Waals surface area contributed by atoms with Gasteiger partial charge < -0.3 is 5.32 Å². The van der Waals surface area contributed by atoms with Gasteiger partial charge in [0.15, 0.2) is 0 Å². The van der Waals surface area contributed by atoms with Crippen LogP contribution in [0, 0.1) is 5.82 Å². The normalized spacial score (nSPS) is 19.0. The first-order valence-electron chi connectivity index (χ1n) is 8.97. The number of carbonyl (C=O) groups is 3. The van der Waals surface area contributed by atoms with E-state index in [9.17, 15) is 27.2 Å². The number of piperidine rings is 1. The van der Waals surface area contributed by atoms with Crippen LogP contribution in [0.3, 0.4) is 0 Å². The second-order valence-corrected chi connectivity index (χ2v) is 8.57. The van der Waals surface area contributed by atoms with E-state index in [1.165, 1.54) is 30.3 Å². The van der Waals surface area contributed by atoms with Crippen molar-refractivity contribution in [1.82, 2.24) is 10.2 Å². The molecule has 1 saturated heterocycles. The Morgan fingerprint density at radius 1 is 1.07 bits per heavy atom. The molecule has 4 rings (SSSR count). The number of hydrogen-bond donors (Lipinski definition) is 2. The highest BCUT2D eigenvalue weighted by Gasteiger charge is 2.44. The van der Waals surface area contributed by atoms with Gasteiger partial charge in [0.25, 0.3) is 21.8 Å². The number of imide groups is 1. The highest BCUT2D eigenvalue weighted by Crippen LogP contribution is 2.31. The van der Waals surface area contributed by atoms with E-state index in [0.717, 1.165) is 17.0 Å². The van der Waals surface area contributed by atoms with Gasteiger partial charge in [0.05, 0.1) is 11.1 Å². The predicted octanol–water partition coefficient (Wildman–Crippen LogP) is 2.01. The van der Waals surface area contributed by atoms with E-state index in [1.54, 1.807) is 0 Å². The van der Waals surface area contributed by atoms with Crippen LogP contribution in [0.5, 0.6) is 0 Å². The molecular formula is C20H16FN3O5S. The van der Waals surface area contributed by atoms with Crippen LogP contribution in [-0.2, 0) is 14.8 Å². The largest absolute Gasteiger partial charge is 0.329 e. The van der Waals surface area contributed by atoms with Crippen LogP contribution in [0.1, 0.15) is 33.6 Å². The van der Waals surface area contributed by atoms with Crippen LogP contribution >= 0.6 is 0 Å². The number of sulfonamides is 1. The molecule has 1 fully saturated rings. The maximum atomic E-state index is 13.9. The minimum Gasteiger partial charge on any atom is -0.329 e. The highest BCUT2D eigenvalue weighted by atomic mass is 32.2. The summed E-state index contributed by atoms with van der Waals surface area (Å²) in [5, 5.41) is 2.53. The number of fused-ring (bicyclic) bond motifs is 1. The molecule has 154 valence electrons. The second-order valence-electron chi connectivity index (χ2n) is 6.92. The van der Waals surface area contributed by atoms with E-state index in [2.05, 4.69) is 16.6 Å². The van der Waals surface area contributed by atoms with Crippen molar-refractivity contribution >= 4 is 33.4 Å². The van der Waals surface area contributed by atoms with Crippen molar-refractivity contribution in [2.75, 3.05) is 4.72 Å². The summed E-state index contributed by atoms with van der Waals surface area (Å²) in [6.45, 7) is 3.67. The van der Waals surface area contributed by atoms with Crippen LogP contribution in [0.4, 0.5) is 10.1 Å². The van der Waals surface area contributed by atoms with Crippen LogP contribution in [0.15, 0.2) is 59.6 Å². The summed E-state index contributed by atoms with van der Waals surface area (Å²) in [6, 6.07) is 7.69. The molecule has 2 aromatic carbocycles. The van der Waals surface area contributed by atoms with E-state index in [0.29, 0.717) is 12.1 Å². The first-order chi connectivity index (χ1) is 14.2. The summed E-state index contributed by atoms with van der Waals surface area (Å²) >= 11 is 0. The van der Waals surface area contributed by atoms with E-state index in [4.69, 9.17) is 0 Å². The Bertz CT molecular complexity index is 1220. The minimum atomic E-state index is -4.25. The lowest BCUT2D eigenvalue weighted by molar-refractivity contribution is -0.125. The van der Waals surface area contributed by atoms with Crippen LogP contribution in [-0.4, -0.2) is 37.1 Å². The summed E-state index contributed by atoms with van der Waals surface area (Å²) in [7, 11) is -4.25. The zero-order valence-electron chi connectivity index (χ0n) is 15.5. The topological polar surface area (TPSA) is 113 Å². The molecule has 2 aliphatic rings. The van der Waals surface area contributed by atoms with Gasteiger partial charge in [-0.25, -0.2) is 12.8 Å². The molecule has 0 spiro atoms. The van der Waals surface area contributed by atoms with Crippen LogP contribution in [0.2, 0.25) is 0 Å². The molecule has 2 aromatic rings. The lowest BCUT2D eigenvalue weighted by atomic mass is 10.0. The third kappa shape index (κ3) is 3.24. The second kappa shape index (κ2) is 7.06. The van der Waals surface area contributed by atoms with Gasteiger partial charge in [0, 0.05) is 11.4 Å². The Morgan fingerprint density at radius 3 is 2.47 bits per heavy atom. The van der Waals surface area contributed by atoms with Gasteiger partial charge >= 0.3 is 0 Å². The van der Waals surface area contributed by atoms with Crippen molar-refractivity contribution < 1.29 is 27.2 Å². The molecule has 0 aliphatic carbocycles. The summed E-state index contributed by atoms with van der Waals surface area (Å²) < 4.78 is 41.0. The number of nitrogens with one attached hydrogen (secondary N) is 2. The highest BCUT2D eigenvalue weighted by molar-refractivity contribution is 7.92. The number of benzene rings is 2. The number of halogens is 1. The Balaban J connectivity index is 1.63. The van der Waals surface area contributed by atoms with Gasteiger partial charge in [-0.15, -0.1) is 0 Å². The van der Waals surface area contributed by atoms with Crippen molar-refractivity contribution in [2.45, 2.75) is 23.8 Å². The van der Waals surface area contributed by atoms with E-state index >= 15 is 0 Å². The lowest BCUT2D eigenvalue weighted by Gasteiger charge is -2.29. The number of allylic oxidation sites excluding steroid dienone is 1. The quantitative estimate of drug-likeness (QED) is 0.722. The lowest BCUT2D eigenvalue weighted by Crippen LogP contribution is -2.51. The number of hydrogen-bond acceptors (Lipinski definition) is 5. The molecule has 1 unspecified atom stereocenters.